The first-order valence-corrected chi connectivity index (χ1v) is 25.7. The zero-order chi connectivity index (χ0) is 52.6. The van der Waals surface area contributed by atoms with E-state index in [1.54, 1.807) is 27.7 Å². The SMILES string of the molecule is CC[C@H](C)[C@H](NC(=O)[C@@H](NC(=O)[C@H](CCCCN)NC(=O)[C@H](CCCCN)NC(=O)[C@@H](NC(=O)[C@@H](NC(=O)[C@H](CCCCN)NC(=O)[C@@H](N)CCCCN)[C@@H](C)CC)[C@@H](C)CC)[C@@H](C)CC)C(N)=O. The molecular formula is C48H95N13O8. The zero-order valence-corrected chi connectivity index (χ0v) is 43.3. The van der Waals surface area contributed by atoms with Gasteiger partial charge in [-0.2, -0.15) is 0 Å². The van der Waals surface area contributed by atoms with E-state index in [0.29, 0.717) is 110 Å². The Morgan fingerprint density at radius 1 is 0.348 bits per heavy atom. The maximum absolute atomic E-state index is 14.3. The topological polar surface area (TPSA) is 377 Å². The van der Waals surface area contributed by atoms with Crippen LogP contribution in [0.1, 0.15) is 158 Å². The summed E-state index contributed by atoms with van der Waals surface area (Å²) < 4.78 is 0. The molecule has 0 aromatic carbocycles. The summed E-state index contributed by atoms with van der Waals surface area (Å²) in [5.41, 5.74) is 34.7. The van der Waals surface area contributed by atoms with Crippen molar-refractivity contribution in [1.29, 1.82) is 0 Å². The van der Waals surface area contributed by atoms with Gasteiger partial charge in [-0.3, -0.25) is 38.4 Å². The molecule has 21 heteroatoms. The summed E-state index contributed by atoms with van der Waals surface area (Å²) in [5, 5.41) is 19.6. The number of amides is 8. The summed E-state index contributed by atoms with van der Waals surface area (Å²) in [6.45, 7) is 16.1. The Balaban J connectivity index is 6.70. The third-order valence-electron chi connectivity index (χ3n) is 13.2. The van der Waals surface area contributed by atoms with E-state index in [-0.39, 0.29) is 31.1 Å². The van der Waals surface area contributed by atoms with Crippen LogP contribution in [-0.4, -0.2) is 122 Å². The number of unbranched alkanes of at least 4 members (excludes halogenated alkanes) is 4. The number of carbonyl (C=O) groups excluding carboxylic acids is 8. The van der Waals surface area contributed by atoms with Crippen molar-refractivity contribution in [2.45, 2.75) is 206 Å². The van der Waals surface area contributed by atoms with Gasteiger partial charge in [0, 0.05) is 0 Å². The van der Waals surface area contributed by atoms with Crippen molar-refractivity contribution >= 4 is 47.3 Å². The quantitative estimate of drug-likeness (QED) is 0.0358. The molecule has 0 rings (SSSR count). The molecule has 0 saturated carbocycles. The van der Waals surface area contributed by atoms with Gasteiger partial charge in [-0.05, 0) is 120 Å². The molecule has 0 aromatic heterocycles. The second-order valence-electron chi connectivity index (χ2n) is 18.8. The fourth-order valence-corrected chi connectivity index (χ4v) is 7.57. The highest BCUT2D eigenvalue weighted by Crippen LogP contribution is 2.16. The van der Waals surface area contributed by atoms with Crippen LogP contribution in [0.2, 0.25) is 0 Å². The molecule has 0 aromatic rings. The zero-order valence-electron chi connectivity index (χ0n) is 43.3. The molecule has 0 heterocycles. The molecule has 0 spiro atoms. The van der Waals surface area contributed by atoms with E-state index in [2.05, 4.69) is 37.2 Å². The molecule has 0 unspecified atom stereocenters. The lowest BCUT2D eigenvalue weighted by Crippen LogP contribution is -2.62. The summed E-state index contributed by atoms with van der Waals surface area (Å²) in [5.74, 6) is -6.42. The number of carbonyl (C=O) groups is 8. The standard InChI is InChI=1S/C48H95N13O8/c1-9-29(5)37(41(54)62)58-47(68)39(31(7)11-3)59-45(66)36(24-16-20-28-52)56-43(64)34(22-14-18-26-50)57-46(67)38(30(6)10-2)61-48(69)40(32(8)12-4)60-44(65)35(23-15-19-27-51)55-42(63)33(53)21-13-17-25-49/h29-40H,9-28,49-53H2,1-8H3,(H2,54,62)(H,55,63)(H,56,64)(H,57,67)(H,58,68)(H,59,66)(H,60,65)(H,61,69)/t29-,30-,31-,32-,33-,34-,35-,36-,37-,38-,39-,40-/m0/s1. The van der Waals surface area contributed by atoms with Crippen LogP contribution in [0.3, 0.4) is 0 Å². The number of primary amides is 1. The van der Waals surface area contributed by atoms with E-state index < -0.39 is 107 Å². The Hall–Kier alpha value is -4.44. The first-order chi connectivity index (χ1) is 32.7. The molecule has 0 aliphatic heterocycles. The molecule has 8 amide bonds. The van der Waals surface area contributed by atoms with E-state index in [4.69, 9.17) is 34.4 Å². The lowest BCUT2D eigenvalue weighted by molar-refractivity contribution is -0.137. The van der Waals surface area contributed by atoms with Crippen molar-refractivity contribution in [2.75, 3.05) is 26.2 Å². The van der Waals surface area contributed by atoms with Gasteiger partial charge in [-0.1, -0.05) is 87.5 Å². The summed E-state index contributed by atoms with van der Waals surface area (Å²) in [6.07, 6.45) is 7.40. The highest BCUT2D eigenvalue weighted by Gasteiger charge is 2.37. The molecule has 400 valence electrons. The van der Waals surface area contributed by atoms with Crippen molar-refractivity contribution in [3.8, 4) is 0 Å². The molecule has 21 nitrogen and oxygen atoms in total. The predicted molar refractivity (Wildman–Crippen MR) is 270 cm³/mol. The van der Waals surface area contributed by atoms with Gasteiger partial charge in [0.25, 0.3) is 0 Å². The Labute approximate surface area is 412 Å². The Kier molecular flexibility index (Phi) is 34.1. The molecule has 0 bridgehead atoms. The van der Waals surface area contributed by atoms with E-state index >= 15 is 0 Å². The second kappa shape index (κ2) is 36.5. The summed E-state index contributed by atoms with van der Waals surface area (Å²) in [7, 11) is 0. The predicted octanol–water partition coefficient (Wildman–Crippen LogP) is -0.107. The molecule has 0 aliphatic carbocycles. The maximum atomic E-state index is 14.3. The third-order valence-corrected chi connectivity index (χ3v) is 13.2. The normalized spacial score (nSPS) is 16.6. The van der Waals surface area contributed by atoms with E-state index in [0.717, 1.165) is 0 Å². The summed E-state index contributed by atoms with van der Waals surface area (Å²) in [6, 6.07) is -8.46. The summed E-state index contributed by atoms with van der Waals surface area (Å²) in [4.78, 5) is 110. The van der Waals surface area contributed by atoms with Crippen LogP contribution in [0.15, 0.2) is 0 Å². The number of rotatable bonds is 39. The third kappa shape index (κ3) is 24.3. The van der Waals surface area contributed by atoms with Gasteiger partial charge < -0.3 is 71.6 Å². The van der Waals surface area contributed by atoms with Crippen molar-refractivity contribution < 1.29 is 38.4 Å². The number of nitrogens with one attached hydrogen (secondary N) is 7. The van der Waals surface area contributed by atoms with Crippen LogP contribution in [0.4, 0.5) is 0 Å². The van der Waals surface area contributed by atoms with Gasteiger partial charge in [0.1, 0.15) is 42.3 Å². The van der Waals surface area contributed by atoms with Crippen LogP contribution in [0.5, 0.6) is 0 Å². The van der Waals surface area contributed by atoms with Crippen molar-refractivity contribution in [2.24, 2.45) is 58.1 Å². The minimum atomic E-state index is -1.16. The van der Waals surface area contributed by atoms with E-state index in [1.165, 1.54) is 0 Å². The van der Waals surface area contributed by atoms with Crippen LogP contribution >= 0.6 is 0 Å². The average molecular weight is 982 g/mol. The Morgan fingerprint density at radius 2 is 0.594 bits per heavy atom. The molecule has 0 fully saturated rings. The van der Waals surface area contributed by atoms with E-state index in [9.17, 15) is 38.4 Å². The summed E-state index contributed by atoms with van der Waals surface area (Å²) >= 11 is 0. The Morgan fingerprint density at radius 3 is 0.913 bits per heavy atom. The van der Waals surface area contributed by atoms with Gasteiger partial charge in [0.05, 0.1) is 6.04 Å². The molecule has 0 radical (unpaired) electrons. The van der Waals surface area contributed by atoms with Gasteiger partial charge in [-0.25, -0.2) is 0 Å². The second-order valence-corrected chi connectivity index (χ2v) is 18.8. The van der Waals surface area contributed by atoms with Gasteiger partial charge in [0.15, 0.2) is 0 Å². The van der Waals surface area contributed by atoms with Crippen LogP contribution in [0.25, 0.3) is 0 Å². The number of nitrogens with two attached hydrogens (primary N) is 6. The van der Waals surface area contributed by atoms with Gasteiger partial charge in [0.2, 0.25) is 47.3 Å². The van der Waals surface area contributed by atoms with Gasteiger partial charge in [-0.15, -0.1) is 0 Å². The largest absolute Gasteiger partial charge is 0.368 e. The Bertz CT molecular complexity index is 1560. The minimum absolute atomic E-state index is 0.147. The smallest absolute Gasteiger partial charge is 0.243 e. The maximum Gasteiger partial charge on any atom is 0.243 e. The number of hydrogen-bond donors (Lipinski definition) is 13. The molecule has 0 saturated heterocycles. The first-order valence-electron chi connectivity index (χ1n) is 25.7. The monoisotopic (exact) mass is 982 g/mol. The first kappa shape index (κ1) is 64.6. The van der Waals surface area contributed by atoms with Crippen molar-refractivity contribution in [3.05, 3.63) is 0 Å². The molecule has 0 aliphatic rings. The van der Waals surface area contributed by atoms with Crippen LogP contribution in [0, 0.1) is 23.7 Å². The minimum Gasteiger partial charge on any atom is -0.368 e. The van der Waals surface area contributed by atoms with Gasteiger partial charge >= 0.3 is 0 Å². The molecule has 12 atom stereocenters. The van der Waals surface area contributed by atoms with Crippen molar-refractivity contribution in [3.63, 3.8) is 0 Å². The average Bonchev–Trinajstić information content (AvgIpc) is 3.33. The fraction of sp³-hybridized carbons (Fsp3) is 0.833. The molecule has 69 heavy (non-hydrogen) atoms. The molecule has 19 N–H and O–H groups in total. The van der Waals surface area contributed by atoms with Crippen LogP contribution < -0.4 is 71.6 Å². The molecular weight excluding hydrogens is 887 g/mol. The highest BCUT2D eigenvalue weighted by atomic mass is 16.2. The lowest BCUT2D eigenvalue weighted by atomic mass is 9.94. The fourth-order valence-electron chi connectivity index (χ4n) is 7.57. The van der Waals surface area contributed by atoms with Crippen LogP contribution in [-0.2, 0) is 38.4 Å². The number of hydrogen-bond acceptors (Lipinski definition) is 13. The lowest BCUT2D eigenvalue weighted by Gasteiger charge is -2.31. The van der Waals surface area contributed by atoms with E-state index in [1.807, 2.05) is 27.7 Å². The highest BCUT2D eigenvalue weighted by molar-refractivity contribution is 5.98. The van der Waals surface area contributed by atoms with Crippen molar-refractivity contribution in [1.82, 2.24) is 37.2 Å².